The van der Waals surface area contributed by atoms with E-state index in [2.05, 4.69) is 28.4 Å². The maximum Gasteiger partial charge on any atom is 0.164 e. The molecule has 0 unspecified atom stereocenters. The Hall–Kier alpha value is -1.24. The van der Waals surface area contributed by atoms with E-state index in [1.807, 2.05) is 0 Å². The molecule has 0 spiro atoms. The second-order valence-corrected chi connectivity index (χ2v) is 5.90. The third kappa shape index (κ3) is 1.60. The lowest BCUT2D eigenvalue weighted by atomic mass is 9.79. The Kier molecular flexibility index (Phi) is 2.73. The van der Waals surface area contributed by atoms with Crippen molar-refractivity contribution in [1.29, 1.82) is 0 Å². The maximum absolute atomic E-state index is 5.63. The summed E-state index contributed by atoms with van der Waals surface area (Å²) in [7, 11) is 1.72. The van der Waals surface area contributed by atoms with Gasteiger partial charge in [0.2, 0.25) is 0 Å². The number of aromatic nitrogens is 2. The fourth-order valence-corrected chi connectivity index (χ4v) is 3.25. The van der Waals surface area contributed by atoms with Gasteiger partial charge in [-0.15, -0.1) is 11.3 Å². The number of hydrazine groups is 1. The molecule has 2 aromatic heterocycles. The molecule has 1 saturated carbocycles. The van der Waals surface area contributed by atoms with Crippen LogP contribution >= 0.6 is 11.3 Å². The molecule has 0 aromatic carbocycles. The van der Waals surface area contributed by atoms with Crippen LogP contribution in [0.25, 0.3) is 10.2 Å². The Bertz CT molecular complexity index is 586. The molecule has 1 aliphatic rings. The Morgan fingerprint density at radius 3 is 2.78 bits per heavy atom. The number of nitrogens with zero attached hydrogens (tertiary/aromatic N) is 2. The predicted octanol–water partition coefficient (Wildman–Crippen LogP) is 2.31. The molecule has 1 fully saturated rings. The zero-order valence-electron chi connectivity index (χ0n) is 10.5. The second-order valence-electron chi connectivity index (χ2n) is 4.67. The highest BCUT2D eigenvalue weighted by molar-refractivity contribution is 7.18. The molecule has 18 heavy (non-hydrogen) atoms. The van der Waals surface area contributed by atoms with Gasteiger partial charge in [-0.1, -0.05) is 0 Å². The van der Waals surface area contributed by atoms with Crippen LogP contribution in [0.2, 0.25) is 0 Å². The first-order chi connectivity index (χ1) is 8.68. The molecule has 0 atom stereocenters. The van der Waals surface area contributed by atoms with Gasteiger partial charge in [0.1, 0.15) is 10.4 Å². The summed E-state index contributed by atoms with van der Waals surface area (Å²) in [6, 6.07) is 2.05. The number of fused-ring (bicyclic) bond motifs is 1. The van der Waals surface area contributed by atoms with E-state index >= 15 is 0 Å². The van der Waals surface area contributed by atoms with Gasteiger partial charge in [0, 0.05) is 12.0 Å². The highest BCUT2D eigenvalue weighted by Crippen LogP contribution is 2.44. The Morgan fingerprint density at radius 2 is 2.22 bits per heavy atom. The van der Waals surface area contributed by atoms with Crippen LogP contribution in [0.1, 0.15) is 30.0 Å². The van der Waals surface area contributed by atoms with Gasteiger partial charge in [-0.3, -0.25) is 0 Å². The van der Waals surface area contributed by atoms with Gasteiger partial charge >= 0.3 is 0 Å². The average Bonchev–Trinajstić information content (AvgIpc) is 2.67. The number of hydrogen-bond donors (Lipinski definition) is 2. The second kappa shape index (κ2) is 4.15. The minimum atomic E-state index is -0.308. The SMILES string of the molecule is COC1(c2nc(NN)c3cc(C)sc3n2)CCC1. The first-order valence-electron chi connectivity index (χ1n) is 5.99. The highest BCUT2D eigenvalue weighted by Gasteiger charge is 2.42. The van der Waals surface area contributed by atoms with Gasteiger partial charge in [-0.25, -0.2) is 15.8 Å². The smallest absolute Gasteiger partial charge is 0.164 e. The molecule has 3 N–H and O–H groups in total. The number of nitrogen functional groups attached to an aromatic ring is 1. The quantitative estimate of drug-likeness (QED) is 0.657. The molecular weight excluding hydrogens is 248 g/mol. The molecule has 5 nitrogen and oxygen atoms in total. The number of thiophene rings is 1. The molecule has 0 amide bonds. The Balaban J connectivity index is 2.18. The predicted molar refractivity (Wildman–Crippen MR) is 72.5 cm³/mol. The molecule has 6 heteroatoms. The summed E-state index contributed by atoms with van der Waals surface area (Å²) in [6.45, 7) is 2.06. The Labute approximate surface area is 109 Å². The first kappa shape index (κ1) is 11.8. The molecule has 0 radical (unpaired) electrons. The molecule has 2 aromatic rings. The lowest BCUT2D eigenvalue weighted by Crippen LogP contribution is -2.38. The lowest BCUT2D eigenvalue weighted by molar-refractivity contribution is -0.0843. The summed E-state index contributed by atoms with van der Waals surface area (Å²) < 4.78 is 5.63. The van der Waals surface area contributed by atoms with E-state index in [1.54, 1.807) is 18.4 Å². The largest absolute Gasteiger partial charge is 0.370 e. The van der Waals surface area contributed by atoms with Gasteiger partial charge < -0.3 is 10.2 Å². The maximum atomic E-state index is 5.63. The number of methoxy groups -OCH3 is 1. The van der Waals surface area contributed by atoms with Crippen molar-refractivity contribution < 1.29 is 4.74 Å². The summed E-state index contributed by atoms with van der Waals surface area (Å²) in [6.07, 6.45) is 3.11. The van der Waals surface area contributed by atoms with Gasteiger partial charge in [0.15, 0.2) is 11.6 Å². The van der Waals surface area contributed by atoms with Gasteiger partial charge in [0.05, 0.1) is 5.39 Å². The van der Waals surface area contributed by atoms with E-state index < -0.39 is 0 Å². The van der Waals surface area contributed by atoms with Crippen molar-refractivity contribution in [3.05, 3.63) is 16.8 Å². The normalized spacial score (nSPS) is 17.7. The summed E-state index contributed by atoms with van der Waals surface area (Å²) in [5, 5.41) is 0.981. The summed E-state index contributed by atoms with van der Waals surface area (Å²) in [5.41, 5.74) is 2.36. The number of hydrogen-bond acceptors (Lipinski definition) is 6. The van der Waals surface area contributed by atoms with Crippen LogP contribution in [-0.4, -0.2) is 17.1 Å². The lowest BCUT2D eigenvalue weighted by Gasteiger charge is -2.38. The van der Waals surface area contributed by atoms with Crippen molar-refractivity contribution in [2.24, 2.45) is 5.84 Å². The van der Waals surface area contributed by atoms with Gasteiger partial charge in [-0.2, -0.15) is 0 Å². The average molecular weight is 264 g/mol. The highest BCUT2D eigenvalue weighted by atomic mass is 32.1. The number of aryl methyl sites for hydroxylation is 1. The van der Waals surface area contributed by atoms with Crippen molar-refractivity contribution in [3.8, 4) is 0 Å². The molecule has 0 bridgehead atoms. The van der Waals surface area contributed by atoms with E-state index in [9.17, 15) is 0 Å². The monoisotopic (exact) mass is 264 g/mol. The van der Waals surface area contributed by atoms with Crippen LogP contribution in [-0.2, 0) is 10.3 Å². The Morgan fingerprint density at radius 1 is 1.44 bits per heavy atom. The minimum absolute atomic E-state index is 0.308. The number of ether oxygens (including phenoxy) is 1. The molecule has 3 rings (SSSR count). The number of nitrogens with one attached hydrogen (secondary N) is 1. The van der Waals surface area contributed by atoms with Crippen LogP contribution in [0, 0.1) is 6.92 Å². The number of rotatable bonds is 3. The number of nitrogens with two attached hydrogens (primary N) is 1. The van der Waals surface area contributed by atoms with E-state index in [-0.39, 0.29) is 5.60 Å². The van der Waals surface area contributed by atoms with E-state index in [1.165, 1.54) is 4.88 Å². The van der Waals surface area contributed by atoms with Crippen LogP contribution < -0.4 is 11.3 Å². The zero-order valence-corrected chi connectivity index (χ0v) is 11.3. The van der Waals surface area contributed by atoms with E-state index in [0.29, 0.717) is 5.82 Å². The minimum Gasteiger partial charge on any atom is -0.370 e. The third-order valence-electron chi connectivity index (χ3n) is 3.61. The summed E-state index contributed by atoms with van der Waals surface area (Å²) in [4.78, 5) is 11.4. The summed E-state index contributed by atoms with van der Waals surface area (Å²) >= 11 is 1.65. The first-order valence-corrected chi connectivity index (χ1v) is 6.80. The van der Waals surface area contributed by atoms with Crippen molar-refractivity contribution in [2.75, 3.05) is 12.5 Å². The van der Waals surface area contributed by atoms with Crippen LogP contribution in [0.3, 0.4) is 0 Å². The van der Waals surface area contributed by atoms with Crippen molar-refractivity contribution >= 4 is 27.4 Å². The molecule has 96 valence electrons. The molecule has 0 saturated heterocycles. The van der Waals surface area contributed by atoms with Crippen molar-refractivity contribution in [3.63, 3.8) is 0 Å². The topological polar surface area (TPSA) is 73.1 Å². The van der Waals surface area contributed by atoms with E-state index in [0.717, 1.165) is 35.3 Å². The third-order valence-corrected chi connectivity index (χ3v) is 4.56. The van der Waals surface area contributed by atoms with Crippen molar-refractivity contribution in [1.82, 2.24) is 9.97 Å². The van der Waals surface area contributed by atoms with Crippen LogP contribution in [0.4, 0.5) is 5.82 Å². The van der Waals surface area contributed by atoms with Crippen LogP contribution in [0.15, 0.2) is 6.07 Å². The van der Waals surface area contributed by atoms with Crippen molar-refractivity contribution in [2.45, 2.75) is 31.8 Å². The van der Waals surface area contributed by atoms with Crippen LogP contribution in [0.5, 0.6) is 0 Å². The molecular formula is C12H16N4OS. The molecule has 0 aliphatic heterocycles. The fraction of sp³-hybridized carbons (Fsp3) is 0.500. The zero-order chi connectivity index (χ0) is 12.8. The summed E-state index contributed by atoms with van der Waals surface area (Å²) in [5.74, 6) is 6.99. The van der Waals surface area contributed by atoms with Gasteiger partial charge in [0.25, 0.3) is 0 Å². The number of anilines is 1. The molecule has 2 heterocycles. The standard InChI is InChI=1S/C12H16N4OS/c1-7-6-8-9(16-13)14-11(15-10(8)18-7)12(17-2)4-3-5-12/h6H,3-5,13H2,1-2H3,(H,14,15,16). The van der Waals surface area contributed by atoms with Gasteiger partial charge in [-0.05, 0) is 32.3 Å². The molecule has 1 aliphatic carbocycles. The fourth-order valence-electron chi connectivity index (χ4n) is 2.37. The van der Waals surface area contributed by atoms with E-state index in [4.69, 9.17) is 10.6 Å².